The number of esters is 1. The van der Waals surface area contributed by atoms with Crippen LogP contribution < -0.4 is 10.7 Å². The highest BCUT2D eigenvalue weighted by atomic mass is 16.5. The molecule has 0 radical (unpaired) electrons. The van der Waals surface area contributed by atoms with Crippen molar-refractivity contribution in [2.45, 2.75) is 98.0 Å². The predicted octanol–water partition coefficient (Wildman–Crippen LogP) is 4.79. The second-order valence-electron chi connectivity index (χ2n) is 20.1. The van der Waals surface area contributed by atoms with Gasteiger partial charge in [-0.15, -0.1) is 0 Å². The first-order chi connectivity index (χ1) is 32.9. The van der Waals surface area contributed by atoms with Crippen LogP contribution in [0.5, 0.6) is 5.75 Å². The van der Waals surface area contributed by atoms with E-state index >= 15 is 0 Å². The SMILES string of the molecule is CCn1c(-c2cnccc2COC)c2c3cc(ccc31)-c1cc(O)cc(c1)C[C@H](NC(=O)[C@H](C(C)C)N(C)C(=O)[C@H]1CCN(C(=O)C#CCN(C)C)C1)C(=O)N1CCC[C@H](N1)C(=O)OCC(C)(C)C2. The highest BCUT2D eigenvalue weighted by Gasteiger charge is 2.40. The normalized spacial score (nSPS) is 20.0. The zero-order chi connectivity index (χ0) is 49.7. The Bertz CT molecular complexity index is 2650. The molecule has 0 spiro atoms. The lowest BCUT2D eigenvalue weighted by Gasteiger charge is -2.37. The maximum absolute atomic E-state index is 14.8. The van der Waals surface area contributed by atoms with Gasteiger partial charge in [0.25, 0.3) is 11.8 Å². The van der Waals surface area contributed by atoms with E-state index < -0.39 is 47.2 Å². The summed E-state index contributed by atoms with van der Waals surface area (Å²) in [5.74, 6) is 2.49. The minimum atomic E-state index is -1.17. The van der Waals surface area contributed by atoms with Crippen LogP contribution in [0, 0.1) is 29.1 Å². The average Bonchev–Trinajstić information content (AvgIpc) is 3.93. The van der Waals surface area contributed by atoms with Gasteiger partial charge in [0, 0.05) is 81.0 Å². The van der Waals surface area contributed by atoms with Gasteiger partial charge in [0.05, 0.1) is 31.4 Å². The molecular formula is C53H68N8O8. The summed E-state index contributed by atoms with van der Waals surface area (Å²) in [6.07, 6.45) is 5.53. The Kier molecular flexibility index (Phi) is 15.8. The van der Waals surface area contributed by atoms with Gasteiger partial charge in [-0.3, -0.25) is 38.9 Å². The van der Waals surface area contributed by atoms with E-state index in [9.17, 15) is 29.1 Å². The molecule has 16 nitrogen and oxygen atoms in total. The largest absolute Gasteiger partial charge is 0.508 e. The van der Waals surface area contributed by atoms with Crippen LogP contribution in [-0.4, -0.2) is 143 Å². The van der Waals surface area contributed by atoms with Crippen molar-refractivity contribution in [1.29, 1.82) is 0 Å². The number of amides is 4. The Hall–Kier alpha value is -6.28. The smallest absolute Gasteiger partial charge is 0.324 e. The van der Waals surface area contributed by atoms with Crippen LogP contribution in [0.2, 0.25) is 0 Å². The number of aryl methyl sites for hydroxylation is 1. The number of ether oxygens (including phenoxy) is 2. The van der Waals surface area contributed by atoms with Crippen LogP contribution in [0.1, 0.15) is 70.6 Å². The number of fused-ring (bicyclic) bond motifs is 6. The molecular weight excluding hydrogens is 877 g/mol. The number of aromatic nitrogens is 2. The van der Waals surface area contributed by atoms with Crippen molar-refractivity contribution in [3.8, 4) is 40.0 Å². The third kappa shape index (κ3) is 11.4. The van der Waals surface area contributed by atoms with E-state index in [0.717, 1.165) is 38.9 Å². The van der Waals surface area contributed by atoms with Crippen LogP contribution in [0.15, 0.2) is 54.9 Å². The molecule has 2 fully saturated rings. The topological polar surface area (TPSA) is 179 Å². The average molecular weight is 945 g/mol. The number of nitrogens with one attached hydrogen (secondary N) is 2. The molecule has 4 aromatic rings. The zero-order valence-electron chi connectivity index (χ0n) is 41.6. The number of aromatic hydroxyl groups is 1. The van der Waals surface area contributed by atoms with Crippen molar-refractivity contribution >= 4 is 40.5 Å². The molecule has 0 saturated carbocycles. The molecule has 2 aromatic carbocycles. The lowest BCUT2D eigenvalue weighted by Crippen LogP contribution is -2.62. The molecule has 16 heteroatoms. The summed E-state index contributed by atoms with van der Waals surface area (Å²) in [5.41, 5.74) is 9.71. The van der Waals surface area contributed by atoms with Crippen LogP contribution in [-0.2, 0) is 59.4 Å². The summed E-state index contributed by atoms with van der Waals surface area (Å²) >= 11 is 0. The van der Waals surface area contributed by atoms with Gasteiger partial charge < -0.3 is 34.3 Å². The maximum Gasteiger partial charge on any atom is 0.324 e. The highest BCUT2D eigenvalue weighted by molar-refractivity contribution is 5.97. The Labute approximate surface area is 405 Å². The van der Waals surface area contributed by atoms with E-state index in [-0.39, 0.29) is 49.6 Å². The lowest BCUT2D eigenvalue weighted by molar-refractivity contribution is -0.155. The number of likely N-dealkylation sites (N-methyl/N-ethyl adjacent to an activating group) is 1. The van der Waals surface area contributed by atoms with Crippen molar-refractivity contribution in [1.82, 2.24) is 40.0 Å². The van der Waals surface area contributed by atoms with Gasteiger partial charge in [-0.05, 0) is 117 Å². The number of benzene rings is 2. The van der Waals surface area contributed by atoms with Crippen LogP contribution in [0.25, 0.3) is 33.3 Å². The molecule has 69 heavy (non-hydrogen) atoms. The van der Waals surface area contributed by atoms with E-state index in [1.807, 2.05) is 57.2 Å². The number of cyclic esters (lactones) is 1. The van der Waals surface area contributed by atoms with Gasteiger partial charge in [0.2, 0.25) is 11.8 Å². The number of carbonyl (C=O) groups is 5. The number of hydrogen-bond acceptors (Lipinski definition) is 11. The number of phenols is 1. The Balaban J connectivity index is 1.26. The summed E-state index contributed by atoms with van der Waals surface area (Å²) < 4.78 is 14.0. The highest BCUT2D eigenvalue weighted by Crippen LogP contribution is 2.41. The monoisotopic (exact) mass is 945 g/mol. The molecule has 368 valence electrons. The quantitative estimate of drug-likeness (QED) is 0.147. The van der Waals surface area contributed by atoms with Crippen molar-refractivity contribution in [3.05, 3.63) is 71.5 Å². The third-order valence-electron chi connectivity index (χ3n) is 13.4. The second kappa shape index (κ2) is 21.6. The Morgan fingerprint density at radius 2 is 1.84 bits per heavy atom. The van der Waals surface area contributed by atoms with Gasteiger partial charge in [-0.25, -0.2) is 5.43 Å². The van der Waals surface area contributed by atoms with Crippen molar-refractivity contribution in [3.63, 3.8) is 0 Å². The summed E-state index contributed by atoms with van der Waals surface area (Å²) in [5, 5.41) is 16.7. The van der Waals surface area contributed by atoms with E-state index in [2.05, 4.69) is 65.0 Å². The molecule has 0 unspecified atom stereocenters. The van der Waals surface area contributed by atoms with Gasteiger partial charge in [-0.2, -0.15) is 0 Å². The molecule has 2 aromatic heterocycles. The number of likely N-dealkylation sites (tertiary alicyclic amines) is 1. The van der Waals surface area contributed by atoms with E-state index in [1.165, 1.54) is 9.91 Å². The molecule has 2 saturated heterocycles. The zero-order valence-corrected chi connectivity index (χ0v) is 41.6. The summed E-state index contributed by atoms with van der Waals surface area (Å²) in [7, 11) is 6.98. The number of pyridine rings is 1. The molecule has 4 amide bonds. The number of hydrazine groups is 1. The molecule has 6 bridgehead atoms. The van der Waals surface area contributed by atoms with Crippen LogP contribution >= 0.6 is 0 Å². The van der Waals surface area contributed by atoms with E-state index in [1.54, 1.807) is 37.4 Å². The number of hydrogen-bond donors (Lipinski definition) is 3. The van der Waals surface area contributed by atoms with E-state index in [4.69, 9.17) is 9.47 Å². The number of rotatable bonds is 10. The Morgan fingerprint density at radius 1 is 1.06 bits per heavy atom. The second-order valence-corrected chi connectivity index (χ2v) is 20.1. The fourth-order valence-corrected chi connectivity index (χ4v) is 10.0. The predicted molar refractivity (Wildman–Crippen MR) is 263 cm³/mol. The molecule has 3 aliphatic rings. The van der Waals surface area contributed by atoms with Crippen molar-refractivity contribution < 1.29 is 38.6 Å². The fraction of sp³-hybridized carbons (Fsp3) is 0.509. The van der Waals surface area contributed by atoms with E-state index in [0.29, 0.717) is 63.1 Å². The minimum absolute atomic E-state index is 0.0145. The van der Waals surface area contributed by atoms with Crippen molar-refractivity contribution in [2.24, 2.45) is 17.3 Å². The molecule has 4 atom stereocenters. The van der Waals surface area contributed by atoms with Crippen LogP contribution in [0.4, 0.5) is 0 Å². The number of phenolic OH excluding ortho intramolecular Hbond substituents is 1. The molecule has 0 aliphatic carbocycles. The molecule has 3 aliphatic heterocycles. The minimum Gasteiger partial charge on any atom is -0.508 e. The number of nitrogens with zero attached hydrogens (tertiary/aromatic N) is 6. The molecule has 5 heterocycles. The lowest BCUT2D eigenvalue weighted by atomic mass is 9.84. The first kappa shape index (κ1) is 50.6. The van der Waals surface area contributed by atoms with Gasteiger partial charge >= 0.3 is 5.97 Å². The number of methoxy groups -OCH3 is 1. The first-order valence-electron chi connectivity index (χ1n) is 24.0. The Morgan fingerprint density at radius 3 is 2.57 bits per heavy atom. The third-order valence-corrected chi connectivity index (χ3v) is 13.4. The first-order valence-corrected chi connectivity index (χ1v) is 24.0. The summed E-state index contributed by atoms with van der Waals surface area (Å²) in [6, 6.07) is 10.4. The molecule has 7 rings (SSSR count). The summed E-state index contributed by atoms with van der Waals surface area (Å²) in [4.78, 5) is 79.6. The van der Waals surface area contributed by atoms with Gasteiger partial charge in [0.1, 0.15) is 23.9 Å². The summed E-state index contributed by atoms with van der Waals surface area (Å²) in [6.45, 7) is 12.3. The maximum atomic E-state index is 14.8. The van der Waals surface area contributed by atoms with Gasteiger partial charge in [0.15, 0.2) is 0 Å². The van der Waals surface area contributed by atoms with Crippen molar-refractivity contribution in [2.75, 3.05) is 61.0 Å². The number of carbonyl (C=O) groups excluding carboxylic acids is 5. The molecule has 3 N–H and O–H groups in total. The fourth-order valence-electron chi connectivity index (χ4n) is 10.0. The standard InChI is InChI=1S/C53H68N8O8/c1-10-60-45-16-15-35-27-40(45)41(48(60)42-29-54-19-17-37(42)31-68-9)28-53(4,5)32-69-52(67)43-13-11-21-61(56-43)51(66)44(25-34-23-38(35)26-39(62)24-34)55-49(64)47(33(2)3)58(8)50(65)36-18-22-59(30-36)46(63)14-12-20-57(6)7/h15-17,19,23-24,26-27,29,33,36,43-44,47,56,62H,10-11,13,18,20-22,25,28,30-32H2,1-9H3,(H,55,64)/t36-,43-,44-,47-/m0/s1. The van der Waals surface area contributed by atoms with Crippen LogP contribution in [0.3, 0.4) is 0 Å². The van der Waals surface area contributed by atoms with Gasteiger partial charge in [-0.1, -0.05) is 45.7 Å².